The first-order valence-electron chi connectivity index (χ1n) is 7.28. The van der Waals surface area contributed by atoms with Crippen LogP contribution in [0.2, 0.25) is 0 Å². The predicted molar refractivity (Wildman–Crippen MR) is 85.9 cm³/mol. The average molecular weight is 287 g/mol. The highest BCUT2D eigenvalue weighted by Gasteiger charge is 2.21. The van der Waals surface area contributed by atoms with Crippen molar-refractivity contribution in [2.45, 2.75) is 38.8 Å². The van der Waals surface area contributed by atoms with E-state index in [1.54, 1.807) is 0 Å². The summed E-state index contributed by atoms with van der Waals surface area (Å²) in [5.74, 6) is 0. The first kappa shape index (κ1) is 13.6. The normalized spacial score (nSPS) is 14.5. The summed E-state index contributed by atoms with van der Waals surface area (Å²) in [5, 5.41) is 4.68. The van der Waals surface area contributed by atoms with E-state index in [1.165, 1.54) is 29.1 Å². The van der Waals surface area contributed by atoms with Crippen molar-refractivity contribution in [1.82, 2.24) is 10.3 Å². The van der Waals surface area contributed by atoms with E-state index in [-0.39, 0.29) is 0 Å². The summed E-state index contributed by atoms with van der Waals surface area (Å²) in [4.78, 5) is 8.37. The van der Waals surface area contributed by atoms with Crippen molar-refractivity contribution in [2.24, 2.45) is 0 Å². The third-order valence-electron chi connectivity index (χ3n) is 3.66. The topological polar surface area (TPSA) is 28.2 Å². The Hall–Kier alpha value is -1.39. The zero-order chi connectivity index (χ0) is 13.9. The van der Waals surface area contributed by atoms with E-state index in [0.717, 1.165) is 24.1 Å². The molecule has 1 saturated carbocycles. The van der Waals surface area contributed by atoms with Gasteiger partial charge in [0.25, 0.3) is 0 Å². The van der Waals surface area contributed by atoms with E-state index in [4.69, 9.17) is 4.98 Å². The van der Waals surface area contributed by atoms with E-state index >= 15 is 0 Å². The van der Waals surface area contributed by atoms with Gasteiger partial charge in [0.15, 0.2) is 5.13 Å². The molecule has 1 heterocycles. The van der Waals surface area contributed by atoms with Crippen LogP contribution < -0.4 is 10.2 Å². The zero-order valence-corrected chi connectivity index (χ0v) is 12.9. The quantitative estimate of drug-likeness (QED) is 0.877. The van der Waals surface area contributed by atoms with Crippen LogP contribution in [0.15, 0.2) is 30.3 Å². The lowest BCUT2D eigenvalue weighted by molar-refractivity contribution is 0.689. The molecule has 1 aromatic carbocycles. The van der Waals surface area contributed by atoms with Gasteiger partial charge >= 0.3 is 0 Å². The molecular formula is C16H21N3S. The second kappa shape index (κ2) is 5.94. The standard InChI is InChI=1S/C16H21N3S/c1-3-14-15(11-17-12-9-10-12)20-16(18-14)19(2)13-7-5-4-6-8-13/h4-8,12,17H,3,9-11H2,1-2H3. The Labute approximate surface area is 124 Å². The molecule has 20 heavy (non-hydrogen) atoms. The van der Waals surface area contributed by atoms with E-state index in [9.17, 15) is 0 Å². The predicted octanol–water partition coefficient (Wildman–Crippen LogP) is 3.73. The molecule has 0 aliphatic heterocycles. The van der Waals surface area contributed by atoms with Crippen molar-refractivity contribution in [2.75, 3.05) is 11.9 Å². The summed E-state index contributed by atoms with van der Waals surface area (Å²) in [7, 11) is 2.09. The van der Waals surface area contributed by atoms with Gasteiger partial charge in [0.05, 0.1) is 5.69 Å². The number of aromatic nitrogens is 1. The summed E-state index contributed by atoms with van der Waals surface area (Å²) in [6, 6.07) is 11.2. The number of anilines is 2. The zero-order valence-electron chi connectivity index (χ0n) is 12.1. The van der Waals surface area contributed by atoms with E-state index in [0.29, 0.717) is 0 Å². The van der Waals surface area contributed by atoms with E-state index in [2.05, 4.69) is 48.5 Å². The fourth-order valence-electron chi connectivity index (χ4n) is 2.21. The van der Waals surface area contributed by atoms with Crippen LogP contribution in [0.4, 0.5) is 10.8 Å². The number of nitrogens with one attached hydrogen (secondary N) is 1. The van der Waals surface area contributed by atoms with Crippen molar-refractivity contribution in [1.29, 1.82) is 0 Å². The van der Waals surface area contributed by atoms with Crippen LogP contribution in [0.3, 0.4) is 0 Å². The molecule has 0 amide bonds. The molecule has 3 rings (SSSR count). The SMILES string of the molecule is CCc1nc(N(C)c2ccccc2)sc1CNC1CC1. The van der Waals surface area contributed by atoms with Crippen LogP contribution in [-0.2, 0) is 13.0 Å². The van der Waals surface area contributed by atoms with Crippen molar-refractivity contribution < 1.29 is 0 Å². The minimum absolute atomic E-state index is 0.747. The second-order valence-corrected chi connectivity index (χ2v) is 6.33. The van der Waals surface area contributed by atoms with Gasteiger partial charge in [-0.2, -0.15) is 0 Å². The number of hydrogen-bond donors (Lipinski definition) is 1. The molecular weight excluding hydrogens is 266 g/mol. The minimum Gasteiger partial charge on any atom is -0.321 e. The van der Waals surface area contributed by atoms with Crippen LogP contribution in [0.5, 0.6) is 0 Å². The largest absolute Gasteiger partial charge is 0.321 e. The molecule has 0 unspecified atom stereocenters. The van der Waals surface area contributed by atoms with Crippen LogP contribution >= 0.6 is 11.3 Å². The maximum Gasteiger partial charge on any atom is 0.190 e. The molecule has 0 spiro atoms. The average Bonchev–Trinajstić information content (AvgIpc) is 3.24. The number of aryl methyl sites for hydroxylation is 1. The molecule has 0 bridgehead atoms. The monoisotopic (exact) mass is 287 g/mol. The molecule has 3 nitrogen and oxygen atoms in total. The van der Waals surface area contributed by atoms with E-state index < -0.39 is 0 Å². The van der Waals surface area contributed by atoms with Gasteiger partial charge in [0.1, 0.15) is 0 Å². The molecule has 0 atom stereocenters. The number of para-hydroxylation sites is 1. The van der Waals surface area contributed by atoms with Crippen molar-refractivity contribution in [3.63, 3.8) is 0 Å². The van der Waals surface area contributed by atoms with Gasteiger partial charge in [0, 0.05) is 30.2 Å². The smallest absolute Gasteiger partial charge is 0.190 e. The van der Waals surface area contributed by atoms with Crippen LogP contribution in [0.1, 0.15) is 30.3 Å². The number of hydrogen-bond acceptors (Lipinski definition) is 4. The fourth-order valence-corrected chi connectivity index (χ4v) is 3.30. The Morgan fingerprint density at radius 1 is 1.30 bits per heavy atom. The van der Waals surface area contributed by atoms with Gasteiger partial charge in [-0.05, 0) is 31.4 Å². The Morgan fingerprint density at radius 3 is 2.70 bits per heavy atom. The van der Waals surface area contributed by atoms with Gasteiger partial charge in [0.2, 0.25) is 0 Å². The van der Waals surface area contributed by atoms with Gasteiger partial charge < -0.3 is 10.2 Å². The molecule has 0 saturated heterocycles. The van der Waals surface area contributed by atoms with Crippen LogP contribution in [0, 0.1) is 0 Å². The van der Waals surface area contributed by atoms with Crippen molar-refractivity contribution in [3.8, 4) is 0 Å². The lowest BCUT2D eigenvalue weighted by Crippen LogP contribution is -2.15. The molecule has 2 aromatic rings. The Balaban J connectivity index is 1.78. The summed E-state index contributed by atoms with van der Waals surface area (Å²) >= 11 is 1.81. The van der Waals surface area contributed by atoms with Crippen molar-refractivity contribution in [3.05, 3.63) is 40.9 Å². The molecule has 0 radical (unpaired) electrons. The molecule has 1 fully saturated rings. The number of nitrogens with zero attached hydrogens (tertiary/aromatic N) is 2. The first-order valence-corrected chi connectivity index (χ1v) is 8.10. The van der Waals surface area contributed by atoms with Crippen molar-refractivity contribution >= 4 is 22.2 Å². The van der Waals surface area contributed by atoms with Gasteiger partial charge in [-0.1, -0.05) is 36.5 Å². The highest BCUT2D eigenvalue weighted by molar-refractivity contribution is 7.15. The first-order chi connectivity index (χ1) is 9.78. The molecule has 1 aliphatic carbocycles. The third kappa shape index (κ3) is 3.02. The summed E-state index contributed by atoms with van der Waals surface area (Å²) < 4.78 is 0. The maximum absolute atomic E-state index is 4.81. The Kier molecular flexibility index (Phi) is 4.03. The summed E-state index contributed by atoms with van der Waals surface area (Å²) in [6.45, 7) is 3.15. The highest BCUT2D eigenvalue weighted by Crippen LogP contribution is 2.31. The molecule has 1 aliphatic rings. The highest BCUT2D eigenvalue weighted by atomic mass is 32.1. The number of rotatable bonds is 6. The minimum atomic E-state index is 0.747. The number of benzene rings is 1. The Morgan fingerprint density at radius 2 is 2.05 bits per heavy atom. The third-order valence-corrected chi connectivity index (χ3v) is 4.84. The molecule has 4 heteroatoms. The molecule has 106 valence electrons. The van der Waals surface area contributed by atoms with Gasteiger partial charge in [-0.15, -0.1) is 0 Å². The van der Waals surface area contributed by atoms with E-state index in [1.807, 2.05) is 17.4 Å². The lowest BCUT2D eigenvalue weighted by atomic mass is 10.3. The maximum atomic E-state index is 4.81. The van der Waals surface area contributed by atoms with Crippen LogP contribution in [0.25, 0.3) is 0 Å². The number of thiazole rings is 1. The van der Waals surface area contributed by atoms with Gasteiger partial charge in [-0.3, -0.25) is 0 Å². The summed E-state index contributed by atoms with van der Waals surface area (Å²) in [5.41, 5.74) is 2.42. The molecule has 1 N–H and O–H groups in total. The van der Waals surface area contributed by atoms with Crippen LogP contribution in [-0.4, -0.2) is 18.1 Å². The Bertz CT molecular complexity index is 560. The lowest BCUT2D eigenvalue weighted by Gasteiger charge is -2.15. The fraction of sp³-hybridized carbons (Fsp3) is 0.438. The second-order valence-electron chi connectivity index (χ2n) is 5.27. The molecule has 1 aromatic heterocycles. The van der Waals surface area contributed by atoms with Gasteiger partial charge in [-0.25, -0.2) is 4.98 Å². The summed E-state index contributed by atoms with van der Waals surface area (Å²) in [6.07, 6.45) is 3.66.